The minimum absolute atomic E-state index is 0.238. The number of hydrogen-bond acceptors (Lipinski definition) is 6. The molecule has 2 heterocycles. The van der Waals surface area contributed by atoms with E-state index in [-0.39, 0.29) is 25.7 Å². The van der Waals surface area contributed by atoms with Crippen molar-refractivity contribution in [2.75, 3.05) is 13.6 Å². The van der Waals surface area contributed by atoms with Crippen molar-refractivity contribution in [1.29, 1.82) is 0 Å². The molecule has 2 atom stereocenters. The van der Waals surface area contributed by atoms with E-state index in [2.05, 4.69) is 0 Å². The van der Waals surface area contributed by atoms with Gasteiger partial charge in [0, 0.05) is 12.1 Å². The van der Waals surface area contributed by atoms with E-state index in [0.29, 0.717) is 11.5 Å². The molecule has 4 N–H and O–H groups in total. The van der Waals surface area contributed by atoms with Gasteiger partial charge < -0.3 is 30.4 Å². The van der Waals surface area contributed by atoms with Gasteiger partial charge in [0.15, 0.2) is 23.0 Å². The number of fused-ring (bicyclic) bond motifs is 2. The van der Waals surface area contributed by atoms with E-state index in [1.165, 1.54) is 0 Å². The molecule has 0 radical (unpaired) electrons. The lowest BCUT2D eigenvalue weighted by Gasteiger charge is -2.21. The Morgan fingerprint density at radius 2 is 1.05 bits per heavy atom. The van der Waals surface area contributed by atoms with Gasteiger partial charge >= 0.3 is 0 Å². The number of rotatable bonds is 3. The van der Waals surface area contributed by atoms with E-state index in [0.717, 1.165) is 22.6 Å². The number of nitrogens with two attached hydrogens (primary N) is 2. The fourth-order valence-corrected chi connectivity index (χ4v) is 2.66. The number of hydrogen-bond donors (Lipinski definition) is 2. The molecule has 0 aromatic heterocycles. The zero-order valence-electron chi connectivity index (χ0n) is 11.8. The molecule has 0 amide bonds. The van der Waals surface area contributed by atoms with Crippen molar-refractivity contribution in [2.24, 2.45) is 11.5 Å². The maximum absolute atomic E-state index is 6.32. The molecule has 2 aliphatic rings. The Kier molecular flexibility index (Phi) is 3.06. The van der Waals surface area contributed by atoms with Crippen LogP contribution in [0.4, 0.5) is 0 Å². The van der Waals surface area contributed by atoms with Crippen molar-refractivity contribution >= 4 is 0 Å². The highest BCUT2D eigenvalue weighted by atomic mass is 16.7. The van der Waals surface area contributed by atoms with Gasteiger partial charge in [-0.2, -0.15) is 0 Å². The highest BCUT2D eigenvalue weighted by Crippen LogP contribution is 2.38. The molecule has 6 nitrogen and oxygen atoms in total. The summed E-state index contributed by atoms with van der Waals surface area (Å²) in [5.41, 5.74) is 14.4. The number of ether oxygens (including phenoxy) is 4. The Morgan fingerprint density at radius 3 is 1.50 bits per heavy atom. The molecule has 2 aromatic rings. The fourth-order valence-electron chi connectivity index (χ4n) is 2.66. The average molecular weight is 300 g/mol. The van der Waals surface area contributed by atoms with Crippen LogP contribution in [0.25, 0.3) is 0 Å². The zero-order chi connectivity index (χ0) is 15.1. The van der Waals surface area contributed by atoms with Crippen molar-refractivity contribution in [3.05, 3.63) is 47.5 Å². The molecular formula is C16H16N2O4. The largest absolute Gasteiger partial charge is 0.454 e. The van der Waals surface area contributed by atoms with Gasteiger partial charge in [0.2, 0.25) is 13.6 Å². The van der Waals surface area contributed by atoms with Gasteiger partial charge in [-0.25, -0.2) is 0 Å². The lowest BCUT2D eigenvalue weighted by Crippen LogP contribution is -2.26. The summed E-state index contributed by atoms with van der Waals surface area (Å²) < 4.78 is 21.4. The lowest BCUT2D eigenvalue weighted by atomic mass is 9.94. The first-order valence-corrected chi connectivity index (χ1v) is 7.02. The molecule has 22 heavy (non-hydrogen) atoms. The number of benzene rings is 2. The van der Waals surface area contributed by atoms with Crippen molar-refractivity contribution < 1.29 is 18.9 Å². The molecule has 0 aliphatic carbocycles. The summed E-state index contributed by atoms with van der Waals surface area (Å²) >= 11 is 0. The normalized spacial score (nSPS) is 17.4. The monoisotopic (exact) mass is 300 g/mol. The SMILES string of the molecule is N[C@H](c1ccc2c(c1)OCO2)[C@@H](N)c1ccc2c(c1)OCO2. The molecule has 0 unspecified atom stereocenters. The quantitative estimate of drug-likeness (QED) is 0.899. The molecule has 2 aliphatic heterocycles. The summed E-state index contributed by atoms with van der Waals surface area (Å²) in [7, 11) is 0. The van der Waals surface area contributed by atoms with E-state index in [4.69, 9.17) is 30.4 Å². The first-order chi connectivity index (χ1) is 10.7. The smallest absolute Gasteiger partial charge is 0.231 e. The fraction of sp³-hybridized carbons (Fsp3) is 0.250. The van der Waals surface area contributed by atoms with Crippen LogP contribution in [0.1, 0.15) is 23.2 Å². The average Bonchev–Trinajstić information content (AvgIpc) is 3.20. The summed E-state index contributed by atoms with van der Waals surface area (Å²) in [5, 5.41) is 0. The Labute approximate surface area is 127 Å². The van der Waals surface area contributed by atoms with Crippen LogP contribution in [0.15, 0.2) is 36.4 Å². The standard InChI is InChI=1S/C16H16N2O4/c17-15(9-1-3-11-13(5-9)21-7-19-11)16(18)10-2-4-12-14(6-10)22-8-20-12/h1-6,15-16H,7-8,17-18H2/t15-,16+. The van der Waals surface area contributed by atoms with Gasteiger partial charge in [-0.05, 0) is 35.4 Å². The van der Waals surface area contributed by atoms with Crippen LogP contribution in [0.2, 0.25) is 0 Å². The molecule has 0 saturated heterocycles. The summed E-state index contributed by atoms with van der Waals surface area (Å²) in [6.07, 6.45) is 0. The molecule has 0 bridgehead atoms. The van der Waals surface area contributed by atoms with Crippen LogP contribution in [-0.4, -0.2) is 13.6 Å². The molecular weight excluding hydrogens is 284 g/mol. The minimum atomic E-state index is -0.366. The molecule has 4 rings (SSSR count). The van der Waals surface area contributed by atoms with Crippen molar-refractivity contribution in [1.82, 2.24) is 0 Å². The highest BCUT2D eigenvalue weighted by molar-refractivity contribution is 5.48. The molecule has 0 saturated carbocycles. The third kappa shape index (κ3) is 2.13. The topological polar surface area (TPSA) is 89.0 Å². The first-order valence-electron chi connectivity index (χ1n) is 7.02. The molecule has 0 spiro atoms. The predicted octanol–water partition coefficient (Wildman–Crippen LogP) is 1.84. The maximum Gasteiger partial charge on any atom is 0.231 e. The van der Waals surface area contributed by atoms with Gasteiger partial charge in [0.05, 0.1) is 0 Å². The summed E-state index contributed by atoms with van der Waals surface area (Å²) in [4.78, 5) is 0. The summed E-state index contributed by atoms with van der Waals surface area (Å²) in [6.45, 7) is 0.477. The molecule has 2 aromatic carbocycles. The highest BCUT2D eigenvalue weighted by Gasteiger charge is 2.23. The van der Waals surface area contributed by atoms with E-state index >= 15 is 0 Å². The summed E-state index contributed by atoms with van der Waals surface area (Å²) in [5.74, 6) is 2.86. The maximum atomic E-state index is 6.32. The minimum Gasteiger partial charge on any atom is -0.454 e. The Morgan fingerprint density at radius 1 is 0.636 bits per heavy atom. The molecule has 6 heteroatoms. The van der Waals surface area contributed by atoms with Crippen LogP contribution >= 0.6 is 0 Å². The van der Waals surface area contributed by atoms with E-state index in [9.17, 15) is 0 Å². The Hall–Kier alpha value is -2.44. The van der Waals surface area contributed by atoms with Gasteiger partial charge in [0.1, 0.15) is 0 Å². The predicted molar refractivity (Wildman–Crippen MR) is 79.0 cm³/mol. The van der Waals surface area contributed by atoms with E-state index < -0.39 is 0 Å². The van der Waals surface area contributed by atoms with Crippen molar-refractivity contribution in [3.63, 3.8) is 0 Å². The summed E-state index contributed by atoms with van der Waals surface area (Å²) in [6, 6.07) is 10.5. The lowest BCUT2D eigenvalue weighted by molar-refractivity contribution is 0.173. The first kappa shape index (κ1) is 13.2. The van der Waals surface area contributed by atoms with Crippen LogP contribution in [-0.2, 0) is 0 Å². The van der Waals surface area contributed by atoms with Gasteiger partial charge in [-0.3, -0.25) is 0 Å². The third-order valence-corrected chi connectivity index (χ3v) is 3.95. The van der Waals surface area contributed by atoms with Crippen LogP contribution in [0, 0.1) is 0 Å². The Bertz CT molecular complexity index is 658. The molecule has 0 fully saturated rings. The zero-order valence-corrected chi connectivity index (χ0v) is 11.8. The Balaban J connectivity index is 1.60. The second kappa shape index (κ2) is 5.08. The van der Waals surface area contributed by atoms with Gasteiger partial charge in [-0.1, -0.05) is 12.1 Å². The van der Waals surface area contributed by atoms with E-state index in [1.54, 1.807) is 0 Å². The van der Waals surface area contributed by atoms with Crippen LogP contribution in [0.3, 0.4) is 0 Å². The van der Waals surface area contributed by atoms with Crippen molar-refractivity contribution in [3.8, 4) is 23.0 Å². The van der Waals surface area contributed by atoms with Crippen LogP contribution < -0.4 is 30.4 Å². The third-order valence-electron chi connectivity index (χ3n) is 3.95. The second-order valence-corrected chi connectivity index (χ2v) is 5.28. The molecule has 114 valence electrons. The van der Waals surface area contributed by atoms with Crippen molar-refractivity contribution in [2.45, 2.75) is 12.1 Å². The second-order valence-electron chi connectivity index (χ2n) is 5.28. The van der Waals surface area contributed by atoms with Gasteiger partial charge in [-0.15, -0.1) is 0 Å². The van der Waals surface area contributed by atoms with E-state index in [1.807, 2.05) is 36.4 Å². The van der Waals surface area contributed by atoms with Gasteiger partial charge in [0.25, 0.3) is 0 Å². The van der Waals surface area contributed by atoms with Crippen LogP contribution in [0.5, 0.6) is 23.0 Å².